The summed E-state index contributed by atoms with van der Waals surface area (Å²) in [5.41, 5.74) is 7.20. The third-order valence-corrected chi connectivity index (χ3v) is 5.41. The molecule has 1 nitrogen and oxygen atoms in total. The van der Waals surface area contributed by atoms with E-state index in [0.29, 0.717) is 0 Å². The first-order valence-electron chi connectivity index (χ1n) is 9.11. The quantitative estimate of drug-likeness (QED) is 0.304. The third-order valence-electron chi connectivity index (χ3n) is 5.18. The second kappa shape index (κ2) is 6.33. The van der Waals surface area contributed by atoms with Crippen LogP contribution >= 0.6 is 12.6 Å². The summed E-state index contributed by atoms with van der Waals surface area (Å²) in [6.07, 6.45) is 0. The van der Waals surface area contributed by atoms with E-state index < -0.39 is 0 Å². The van der Waals surface area contributed by atoms with Crippen LogP contribution in [0.5, 0.6) is 0 Å². The number of anilines is 3. The zero-order chi connectivity index (χ0) is 18.4. The Morgan fingerprint density at radius 1 is 0.667 bits per heavy atom. The number of hydrogen-bond acceptors (Lipinski definition) is 2. The van der Waals surface area contributed by atoms with E-state index in [4.69, 9.17) is 12.6 Å². The summed E-state index contributed by atoms with van der Waals surface area (Å²) >= 11 is 4.72. The number of rotatable bonds is 1. The van der Waals surface area contributed by atoms with Gasteiger partial charge in [0.25, 0.3) is 0 Å². The van der Waals surface area contributed by atoms with Gasteiger partial charge in [-0.2, -0.15) is 0 Å². The fourth-order valence-electron chi connectivity index (χ4n) is 4.02. The monoisotopic (exact) mass is 365 g/mol. The van der Waals surface area contributed by atoms with Crippen molar-refractivity contribution < 1.29 is 0 Å². The van der Waals surface area contributed by atoms with Crippen molar-refractivity contribution in [2.24, 2.45) is 0 Å². The molecule has 0 unspecified atom stereocenters. The highest BCUT2D eigenvalue weighted by Gasteiger charge is 2.27. The van der Waals surface area contributed by atoms with Crippen molar-refractivity contribution in [2.45, 2.75) is 6.92 Å². The van der Waals surface area contributed by atoms with Crippen LogP contribution in [-0.4, -0.2) is 0 Å². The van der Waals surface area contributed by atoms with E-state index in [1.54, 1.807) is 0 Å². The van der Waals surface area contributed by atoms with Gasteiger partial charge in [0.05, 0.1) is 11.4 Å². The predicted molar refractivity (Wildman–Crippen MR) is 119 cm³/mol. The Hall–Kier alpha value is -2.97. The van der Waals surface area contributed by atoms with Gasteiger partial charge in [0.15, 0.2) is 0 Å². The maximum absolute atomic E-state index is 4.72. The molecule has 0 amide bonds. The lowest BCUT2D eigenvalue weighted by atomic mass is 9.89. The zero-order valence-electron chi connectivity index (χ0n) is 15.1. The van der Waals surface area contributed by atoms with Gasteiger partial charge in [0, 0.05) is 22.4 Å². The van der Waals surface area contributed by atoms with Crippen LogP contribution in [0.15, 0.2) is 95.9 Å². The average molecular weight is 366 g/mol. The number of nitrogens with zero attached hydrogens (tertiary/aromatic N) is 1. The standard InChI is InChI=1S/C25H19NS/c1-17(27)25-21-10-4-6-12-23(21)26(24-13-7-5-11-22(24)25)20-15-14-18-8-2-3-9-19(18)16-20/h2-16,27H,1H3. The Morgan fingerprint density at radius 2 is 1.22 bits per heavy atom. The number of fused-ring (bicyclic) bond motifs is 3. The second-order valence-electron chi connectivity index (χ2n) is 6.86. The van der Waals surface area contributed by atoms with Gasteiger partial charge >= 0.3 is 0 Å². The van der Waals surface area contributed by atoms with Crippen molar-refractivity contribution in [3.8, 4) is 0 Å². The van der Waals surface area contributed by atoms with Crippen molar-refractivity contribution in [1.82, 2.24) is 0 Å². The first-order chi connectivity index (χ1) is 13.2. The van der Waals surface area contributed by atoms with Crippen LogP contribution in [0, 0.1) is 0 Å². The normalized spacial score (nSPS) is 12.7. The van der Waals surface area contributed by atoms with Crippen LogP contribution in [-0.2, 0) is 0 Å². The molecule has 1 aliphatic rings. The van der Waals surface area contributed by atoms with E-state index in [0.717, 1.165) is 4.91 Å². The van der Waals surface area contributed by atoms with Gasteiger partial charge < -0.3 is 4.90 Å². The fraction of sp³-hybridized carbons (Fsp3) is 0.0400. The third kappa shape index (κ3) is 2.56. The molecule has 0 aromatic heterocycles. The summed E-state index contributed by atoms with van der Waals surface area (Å²) in [5.74, 6) is 0. The molecule has 4 aromatic rings. The SMILES string of the molecule is CC(S)=C1c2ccccc2N(c2ccc3ccccc3c2)c2ccccc21. The van der Waals surface area contributed by atoms with Crippen molar-refractivity contribution in [3.05, 3.63) is 107 Å². The van der Waals surface area contributed by atoms with Crippen LogP contribution in [0.25, 0.3) is 16.3 Å². The number of benzene rings is 4. The molecule has 0 spiro atoms. The van der Waals surface area contributed by atoms with Gasteiger partial charge in [0.2, 0.25) is 0 Å². The molecule has 27 heavy (non-hydrogen) atoms. The minimum Gasteiger partial charge on any atom is -0.309 e. The highest BCUT2D eigenvalue weighted by molar-refractivity contribution is 7.84. The molecule has 0 N–H and O–H groups in total. The van der Waals surface area contributed by atoms with Crippen LogP contribution in [0.1, 0.15) is 18.1 Å². The van der Waals surface area contributed by atoms with Crippen molar-refractivity contribution in [2.75, 3.05) is 4.90 Å². The molecule has 0 atom stereocenters. The van der Waals surface area contributed by atoms with Crippen LogP contribution in [0.4, 0.5) is 17.1 Å². The van der Waals surface area contributed by atoms with E-state index in [-0.39, 0.29) is 0 Å². The summed E-state index contributed by atoms with van der Waals surface area (Å²) in [5, 5.41) is 2.50. The topological polar surface area (TPSA) is 3.24 Å². The minimum atomic E-state index is 1.04. The molecule has 0 aliphatic carbocycles. The Morgan fingerprint density at radius 3 is 1.85 bits per heavy atom. The Bertz CT molecular complexity index is 1150. The number of hydrogen-bond donors (Lipinski definition) is 1. The van der Waals surface area contributed by atoms with Crippen LogP contribution in [0.2, 0.25) is 0 Å². The molecule has 0 saturated carbocycles. The highest BCUT2D eigenvalue weighted by atomic mass is 32.1. The van der Waals surface area contributed by atoms with E-state index in [9.17, 15) is 0 Å². The maximum Gasteiger partial charge on any atom is 0.0540 e. The summed E-state index contributed by atoms with van der Waals surface area (Å²) in [4.78, 5) is 3.39. The molecule has 1 aliphatic heterocycles. The van der Waals surface area contributed by atoms with Gasteiger partial charge in [-0.1, -0.05) is 66.7 Å². The second-order valence-corrected chi connectivity index (χ2v) is 7.53. The molecule has 5 rings (SSSR count). The van der Waals surface area contributed by atoms with Gasteiger partial charge in [-0.25, -0.2) is 0 Å². The summed E-state index contributed by atoms with van der Waals surface area (Å²) in [6, 6.07) is 32.3. The number of thiol groups is 1. The fourth-order valence-corrected chi connectivity index (χ4v) is 4.26. The average Bonchev–Trinajstić information content (AvgIpc) is 2.71. The molecular weight excluding hydrogens is 346 g/mol. The summed E-state index contributed by atoms with van der Waals surface area (Å²) < 4.78 is 0. The largest absolute Gasteiger partial charge is 0.309 e. The van der Waals surface area contributed by atoms with E-state index >= 15 is 0 Å². The Kier molecular flexibility index (Phi) is 3.80. The molecule has 2 heteroatoms. The van der Waals surface area contributed by atoms with Gasteiger partial charge in [-0.3, -0.25) is 0 Å². The highest BCUT2D eigenvalue weighted by Crippen LogP contribution is 2.50. The number of para-hydroxylation sites is 2. The summed E-state index contributed by atoms with van der Waals surface area (Å²) in [6.45, 7) is 2.07. The van der Waals surface area contributed by atoms with Gasteiger partial charge in [-0.05, 0) is 46.9 Å². The first kappa shape index (κ1) is 16.2. The Balaban J connectivity index is 1.82. The van der Waals surface area contributed by atoms with E-state index in [1.807, 2.05) is 0 Å². The molecular formula is C25H19NS. The number of allylic oxidation sites excluding steroid dienone is 1. The molecule has 0 fully saturated rings. The van der Waals surface area contributed by atoms with Crippen LogP contribution in [0.3, 0.4) is 0 Å². The van der Waals surface area contributed by atoms with Gasteiger partial charge in [0.1, 0.15) is 0 Å². The first-order valence-corrected chi connectivity index (χ1v) is 9.56. The lowest BCUT2D eigenvalue weighted by Crippen LogP contribution is -2.18. The Labute approximate surface area is 165 Å². The smallest absolute Gasteiger partial charge is 0.0540 e. The van der Waals surface area contributed by atoms with Crippen molar-refractivity contribution >= 4 is 46.0 Å². The maximum atomic E-state index is 4.72. The minimum absolute atomic E-state index is 1.04. The zero-order valence-corrected chi connectivity index (χ0v) is 15.9. The molecule has 0 saturated heterocycles. The molecule has 1 heterocycles. The van der Waals surface area contributed by atoms with Crippen molar-refractivity contribution in [3.63, 3.8) is 0 Å². The van der Waals surface area contributed by atoms with E-state index in [1.165, 1.54) is 44.5 Å². The molecule has 0 radical (unpaired) electrons. The molecule has 130 valence electrons. The molecule has 4 aromatic carbocycles. The lowest BCUT2D eigenvalue weighted by Gasteiger charge is -2.35. The lowest BCUT2D eigenvalue weighted by molar-refractivity contribution is 1.24. The van der Waals surface area contributed by atoms with Crippen molar-refractivity contribution in [1.29, 1.82) is 0 Å². The predicted octanol–water partition coefficient (Wildman–Crippen LogP) is 7.33. The van der Waals surface area contributed by atoms with E-state index in [2.05, 4.69) is 103 Å². The van der Waals surface area contributed by atoms with Gasteiger partial charge in [-0.15, -0.1) is 12.6 Å². The summed E-state index contributed by atoms with van der Waals surface area (Å²) in [7, 11) is 0. The van der Waals surface area contributed by atoms with Crippen LogP contribution < -0.4 is 4.90 Å². The molecule has 0 bridgehead atoms.